The summed E-state index contributed by atoms with van der Waals surface area (Å²) >= 11 is 0. The molecule has 1 atom stereocenters. The van der Waals surface area contributed by atoms with Gasteiger partial charge in [0.1, 0.15) is 18.4 Å². The zero-order valence-electron chi connectivity index (χ0n) is 14.0. The van der Waals surface area contributed by atoms with Crippen LogP contribution in [0.4, 0.5) is 0 Å². The van der Waals surface area contributed by atoms with Gasteiger partial charge in [-0.2, -0.15) is 0 Å². The van der Waals surface area contributed by atoms with Crippen LogP contribution in [-0.4, -0.2) is 47.4 Å². The van der Waals surface area contributed by atoms with Crippen molar-refractivity contribution in [3.63, 3.8) is 0 Å². The topological polar surface area (TPSA) is 79.7 Å². The molecule has 132 valence electrons. The second kappa shape index (κ2) is 7.94. The molecule has 1 aliphatic heterocycles. The van der Waals surface area contributed by atoms with Crippen molar-refractivity contribution in [2.75, 3.05) is 19.8 Å². The minimum atomic E-state index is -0.514. The van der Waals surface area contributed by atoms with E-state index in [0.717, 1.165) is 5.56 Å². The first-order valence-corrected chi connectivity index (χ1v) is 8.16. The van der Waals surface area contributed by atoms with Crippen molar-refractivity contribution in [2.45, 2.75) is 25.5 Å². The maximum Gasteiger partial charge on any atom is 0.356 e. The molecular formula is C18H20N2O5. The van der Waals surface area contributed by atoms with Crippen molar-refractivity contribution in [1.82, 2.24) is 9.55 Å². The third-order valence-electron chi connectivity index (χ3n) is 4.02. The van der Waals surface area contributed by atoms with Crippen molar-refractivity contribution in [3.05, 3.63) is 54.1 Å². The normalized spacial score (nSPS) is 15.2. The first-order chi connectivity index (χ1) is 12.1. The molecule has 7 heteroatoms. The van der Waals surface area contributed by atoms with Crippen LogP contribution in [0.1, 0.15) is 35.4 Å². The van der Waals surface area contributed by atoms with Gasteiger partial charge in [0.2, 0.25) is 0 Å². The van der Waals surface area contributed by atoms with Crippen LogP contribution in [0, 0.1) is 0 Å². The Bertz CT molecular complexity index is 724. The van der Waals surface area contributed by atoms with Gasteiger partial charge in [-0.1, -0.05) is 30.3 Å². The van der Waals surface area contributed by atoms with Gasteiger partial charge in [0, 0.05) is 0 Å². The van der Waals surface area contributed by atoms with Gasteiger partial charge < -0.3 is 18.8 Å². The molecule has 0 N–H and O–H groups in total. The summed E-state index contributed by atoms with van der Waals surface area (Å²) in [5.74, 6) is -0.910. The number of nitrogens with zero attached hydrogens (tertiary/aromatic N) is 2. The number of carbonyl (C=O) groups excluding carboxylic acids is 2. The molecule has 3 rings (SSSR count). The van der Waals surface area contributed by atoms with Gasteiger partial charge in [-0.3, -0.25) is 4.79 Å². The summed E-state index contributed by atoms with van der Waals surface area (Å²) in [5.41, 5.74) is 1.40. The van der Waals surface area contributed by atoms with Crippen LogP contribution in [0.5, 0.6) is 0 Å². The van der Waals surface area contributed by atoms with E-state index in [9.17, 15) is 9.59 Å². The van der Waals surface area contributed by atoms with E-state index in [-0.39, 0.29) is 25.2 Å². The van der Waals surface area contributed by atoms with E-state index in [1.165, 1.54) is 6.20 Å². The smallest absolute Gasteiger partial charge is 0.356 e. The van der Waals surface area contributed by atoms with Crippen molar-refractivity contribution >= 4 is 11.9 Å². The van der Waals surface area contributed by atoms with E-state index in [4.69, 9.17) is 14.2 Å². The lowest BCUT2D eigenvalue weighted by Gasteiger charge is -2.25. The lowest BCUT2D eigenvalue weighted by atomic mass is 10.1. The quantitative estimate of drug-likeness (QED) is 0.715. The van der Waals surface area contributed by atoms with Crippen LogP contribution in [0.15, 0.2) is 42.9 Å². The standard InChI is InChI=1S/C18H20N2O5/c1-13(14-5-3-2-4-6-14)20-12-19-9-16(20)18(22)24-8-7-17(21)25-15-10-23-11-15/h2-6,9,12-13,15H,7-8,10-11H2,1H3/t13-/m1/s1. The fraction of sp³-hybridized carbons (Fsp3) is 0.389. The Labute approximate surface area is 145 Å². The summed E-state index contributed by atoms with van der Waals surface area (Å²) in [6.45, 7) is 2.81. The molecule has 0 bridgehead atoms. The van der Waals surface area contributed by atoms with Crippen LogP contribution >= 0.6 is 0 Å². The number of benzene rings is 1. The highest BCUT2D eigenvalue weighted by Crippen LogP contribution is 2.19. The van der Waals surface area contributed by atoms with E-state index >= 15 is 0 Å². The molecule has 2 heterocycles. The Morgan fingerprint density at radius 1 is 1.32 bits per heavy atom. The van der Waals surface area contributed by atoms with Crippen LogP contribution in [0.3, 0.4) is 0 Å². The summed E-state index contributed by atoms with van der Waals surface area (Å²) < 4.78 is 17.0. The minimum absolute atomic E-state index is 0.0185. The maximum atomic E-state index is 12.3. The first kappa shape index (κ1) is 17.2. The van der Waals surface area contributed by atoms with Crippen molar-refractivity contribution in [3.8, 4) is 0 Å². The highest BCUT2D eigenvalue weighted by molar-refractivity contribution is 5.87. The monoisotopic (exact) mass is 344 g/mol. The molecule has 0 unspecified atom stereocenters. The van der Waals surface area contributed by atoms with Gasteiger partial charge in [-0.05, 0) is 12.5 Å². The Morgan fingerprint density at radius 2 is 2.08 bits per heavy atom. The number of imidazole rings is 1. The third kappa shape index (κ3) is 4.24. The summed E-state index contributed by atoms with van der Waals surface area (Å²) in [6, 6.07) is 9.74. The number of hydrogen-bond donors (Lipinski definition) is 0. The zero-order valence-corrected chi connectivity index (χ0v) is 14.0. The molecule has 7 nitrogen and oxygen atoms in total. The minimum Gasteiger partial charge on any atom is -0.460 e. The van der Waals surface area contributed by atoms with Gasteiger partial charge in [0.05, 0.1) is 38.2 Å². The highest BCUT2D eigenvalue weighted by Gasteiger charge is 2.23. The maximum absolute atomic E-state index is 12.3. The fourth-order valence-corrected chi connectivity index (χ4v) is 2.49. The second-order valence-electron chi connectivity index (χ2n) is 5.81. The summed E-state index contributed by atoms with van der Waals surface area (Å²) in [4.78, 5) is 27.9. The molecule has 0 amide bonds. The Morgan fingerprint density at radius 3 is 2.76 bits per heavy atom. The van der Waals surface area contributed by atoms with Crippen molar-refractivity contribution in [1.29, 1.82) is 0 Å². The lowest BCUT2D eigenvalue weighted by molar-refractivity contribution is -0.172. The molecule has 1 aromatic heterocycles. The SMILES string of the molecule is C[C@H](c1ccccc1)n1cncc1C(=O)OCCC(=O)OC1COC1. The molecule has 1 fully saturated rings. The number of rotatable bonds is 7. The molecule has 2 aromatic rings. The molecule has 0 spiro atoms. The van der Waals surface area contributed by atoms with E-state index in [0.29, 0.717) is 18.9 Å². The van der Waals surface area contributed by atoms with E-state index in [2.05, 4.69) is 4.98 Å². The van der Waals surface area contributed by atoms with E-state index in [1.54, 1.807) is 10.9 Å². The van der Waals surface area contributed by atoms with Crippen LogP contribution in [0.2, 0.25) is 0 Å². The molecule has 0 radical (unpaired) electrons. The lowest BCUT2D eigenvalue weighted by Crippen LogP contribution is -2.38. The molecular weight excluding hydrogens is 324 g/mol. The molecule has 0 saturated carbocycles. The highest BCUT2D eigenvalue weighted by atomic mass is 16.6. The predicted molar refractivity (Wildman–Crippen MR) is 88.1 cm³/mol. The molecule has 1 saturated heterocycles. The average Bonchev–Trinajstić information content (AvgIpc) is 3.08. The van der Waals surface area contributed by atoms with Crippen molar-refractivity contribution < 1.29 is 23.8 Å². The van der Waals surface area contributed by atoms with Crippen LogP contribution < -0.4 is 0 Å². The zero-order chi connectivity index (χ0) is 17.6. The van der Waals surface area contributed by atoms with Gasteiger partial charge in [0.15, 0.2) is 0 Å². The van der Waals surface area contributed by atoms with Crippen LogP contribution in [0.25, 0.3) is 0 Å². The largest absolute Gasteiger partial charge is 0.460 e. The second-order valence-corrected chi connectivity index (χ2v) is 5.81. The molecule has 0 aliphatic carbocycles. The number of ether oxygens (including phenoxy) is 3. The number of esters is 2. The number of carbonyl (C=O) groups is 2. The van der Waals surface area contributed by atoms with E-state index in [1.807, 2.05) is 37.3 Å². The fourth-order valence-electron chi connectivity index (χ4n) is 2.49. The Kier molecular flexibility index (Phi) is 5.45. The van der Waals surface area contributed by atoms with Crippen molar-refractivity contribution in [2.24, 2.45) is 0 Å². The predicted octanol–water partition coefficient (Wildman–Crippen LogP) is 1.98. The third-order valence-corrected chi connectivity index (χ3v) is 4.02. The summed E-state index contributed by atoms with van der Waals surface area (Å²) in [5, 5.41) is 0. The number of hydrogen-bond acceptors (Lipinski definition) is 6. The van der Waals surface area contributed by atoms with Gasteiger partial charge in [0.25, 0.3) is 0 Å². The molecule has 1 aliphatic rings. The Hall–Kier alpha value is -2.67. The summed E-state index contributed by atoms with van der Waals surface area (Å²) in [7, 11) is 0. The molecule has 25 heavy (non-hydrogen) atoms. The molecule has 1 aromatic carbocycles. The Balaban J connectivity index is 1.54. The van der Waals surface area contributed by atoms with Gasteiger partial charge in [-0.25, -0.2) is 9.78 Å². The first-order valence-electron chi connectivity index (χ1n) is 8.16. The summed E-state index contributed by atoms with van der Waals surface area (Å²) in [6.07, 6.45) is 2.91. The average molecular weight is 344 g/mol. The van der Waals surface area contributed by atoms with Gasteiger partial charge in [-0.15, -0.1) is 0 Å². The van der Waals surface area contributed by atoms with E-state index < -0.39 is 11.9 Å². The van der Waals surface area contributed by atoms with Crippen LogP contribution in [-0.2, 0) is 19.0 Å². The van der Waals surface area contributed by atoms with Gasteiger partial charge >= 0.3 is 11.9 Å². The number of aromatic nitrogens is 2.